The molecule has 0 aliphatic heterocycles. The van der Waals surface area contributed by atoms with E-state index in [9.17, 15) is 4.79 Å². The summed E-state index contributed by atoms with van der Waals surface area (Å²) in [6, 6.07) is 12.6. The third-order valence-corrected chi connectivity index (χ3v) is 2.72. The van der Waals surface area contributed by atoms with Gasteiger partial charge in [-0.3, -0.25) is 4.98 Å². The summed E-state index contributed by atoms with van der Waals surface area (Å²) in [5, 5.41) is 0. The van der Waals surface area contributed by atoms with Crippen LogP contribution in [0, 0.1) is 0 Å². The summed E-state index contributed by atoms with van der Waals surface area (Å²) in [4.78, 5) is 16.2. The number of benzene rings is 1. The van der Waals surface area contributed by atoms with Crippen LogP contribution in [0.4, 0.5) is 0 Å². The number of aromatic nitrogens is 1. The first kappa shape index (κ1) is 13.3. The lowest BCUT2D eigenvalue weighted by atomic mass is 9.92. The Kier molecular flexibility index (Phi) is 3.65. The van der Waals surface area contributed by atoms with Gasteiger partial charge in [0, 0.05) is 11.1 Å². The molecule has 0 aliphatic rings. The van der Waals surface area contributed by atoms with Crippen molar-refractivity contribution < 1.29 is 9.53 Å². The summed E-state index contributed by atoms with van der Waals surface area (Å²) in [5.74, 6) is 0.0905. The van der Waals surface area contributed by atoms with Crippen molar-refractivity contribution in [3.63, 3.8) is 0 Å². The molecule has 0 bridgehead atoms. The van der Waals surface area contributed by atoms with Crippen molar-refractivity contribution in [2.24, 2.45) is 0 Å². The predicted molar refractivity (Wildman–Crippen MR) is 74.3 cm³/mol. The Morgan fingerprint density at radius 1 is 1.05 bits per heavy atom. The summed E-state index contributed by atoms with van der Waals surface area (Å²) >= 11 is 0. The first-order valence-corrected chi connectivity index (χ1v) is 6.20. The van der Waals surface area contributed by atoms with Gasteiger partial charge < -0.3 is 4.74 Å². The van der Waals surface area contributed by atoms with Crippen LogP contribution >= 0.6 is 0 Å². The van der Waals surface area contributed by atoms with Gasteiger partial charge >= 0.3 is 5.97 Å². The first-order chi connectivity index (χ1) is 8.97. The zero-order chi connectivity index (χ0) is 13.9. The molecule has 98 valence electrons. The molecule has 1 aromatic carbocycles. The van der Waals surface area contributed by atoms with Crippen molar-refractivity contribution in [3.05, 3.63) is 59.9 Å². The highest BCUT2D eigenvalue weighted by atomic mass is 16.5. The average Bonchev–Trinajstić information content (AvgIpc) is 2.39. The van der Waals surface area contributed by atoms with E-state index in [1.54, 1.807) is 36.5 Å². The van der Waals surface area contributed by atoms with Crippen molar-refractivity contribution in [2.45, 2.75) is 26.2 Å². The minimum Gasteiger partial charge on any atom is -0.421 e. The maximum atomic E-state index is 11.8. The molecule has 0 unspecified atom stereocenters. The monoisotopic (exact) mass is 255 g/mol. The maximum absolute atomic E-state index is 11.8. The number of ether oxygens (including phenoxy) is 1. The molecular formula is C16H17NO2. The predicted octanol–water partition coefficient (Wildman–Crippen LogP) is 3.60. The van der Waals surface area contributed by atoms with E-state index in [1.807, 2.05) is 12.1 Å². The van der Waals surface area contributed by atoms with Gasteiger partial charge in [0.25, 0.3) is 0 Å². The molecule has 1 aromatic heterocycles. The summed E-state index contributed by atoms with van der Waals surface area (Å²) < 4.78 is 5.27. The van der Waals surface area contributed by atoms with Crippen molar-refractivity contribution >= 4 is 5.97 Å². The summed E-state index contributed by atoms with van der Waals surface area (Å²) in [6.07, 6.45) is 1.58. The Bertz CT molecular complexity index is 554. The van der Waals surface area contributed by atoms with E-state index in [4.69, 9.17) is 4.74 Å². The molecule has 0 atom stereocenters. The van der Waals surface area contributed by atoms with Crippen molar-refractivity contribution in [3.8, 4) is 5.75 Å². The molecular weight excluding hydrogens is 238 g/mol. The van der Waals surface area contributed by atoms with Crippen LogP contribution in [0.3, 0.4) is 0 Å². The highest BCUT2D eigenvalue weighted by Crippen LogP contribution is 2.21. The van der Waals surface area contributed by atoms with E-state index >= 15 is 0 Å². The topological polar surface area (TPSA) is 39.2 Å². The van der Waals surface area contributed by atoms with Crippen molar-refractivity contribution in [1.82, 2.24) is 4.98 Å². The van der Waals surface area contributed by atoms with Gasteiger partial charge in [-0.05, 0) is 24.3 Å². The molecule has 0 saturated heterocycles. The fourth-order valence-corrected chi connectivity index (χ4v) is 1.62. The van der Waals surface area contributed by atoms with Crippen LogP contribution in [0.15, 0.2) is 48.7 Å². The molecule has 3 heteroatoms. The summed E-state index contributed by atoms with van der Waals surface area (Å²) in [5.41, 5.74) is 1.48. The standard InChI is InChI=1S/C16H17NO2/c1-16(2,3)14-10-9-13(11-17-14)19-15(18)12-7-5-4-6-8-12/h4-11H,1-3H3. The molecule has 0 saturated carbocycles. The average molecular weight is 255 g/mol. The van der Waals surface area contributed by atoms with Crippen LogP contribution in [-0.2, 0) is 5.41 Å². The van der Waals surface area contributed by atoms with Crippen LogP contribution in [0.2, 0.25) is 0 Å². The molecule has 0 radical (unpaired) electrons. The van der Waals surface area contributed by atoms with E-state index in [-0.39, 0.29) is 11.4 Å². The molecule has 3 nitrogen and oxygen atoms in total. The van der Waals surface area contributed by atoms with Crippen LogP contribution < -0.4 is 4.74 Å². The second-order valence-electron chi connectivity index (χ2n) is 5.38. The fraction of sp³-hybridized carbons (Fsp3) is 0.250. The zero-order valence-electron chi connectivity index (χ0n) is 11.4. The van der Waals surface area contributed by atoms with Gasteiger partial charge in [0.15, 0.2) is 0 Å². The van der Waals surface area contributed by atoms with Crippen LogP contribution in [0.5, 0.6) is 5.75 Å². The third-order valence-electron chi connectivity index (χ3n) is 2.72. The van der Waals surface area contributed by atoms with E-state index in [0.717, 1.165) is 5.69 Å². The Morgan fingerprint density at radius 2 is 1.74 bits per heavy atom. The molecule has 0 fully saturated rings. The number of nitrogens with zero attached hydrogens (tertiary/aromatic N) is 1. The highest BCUT2D eigenvalue weighted by Gasteiger charge is 2.15. The van der Waals surface area contributed by atoms with Crippen molar-refractivity contribution in [1.29, 1.82) is 0 Å². The SMILES string of the molecule is CC(C)(C)c1ccc(OC(=O)c2ccccc2)cn1. The smallest absolute Gasteiger partial charge is 0.343 e. The molecule has 19 heavy (non-hydrogen) atoms. The van der Waals surface area contributed by atoms with E-state index < -0.39 is 0 Å². The number of rotatable bonds is 2. The van der Waals surface area contributed by atoms with Crippen LogP contribution in [0.25, 0.3) is 0 Å². The quantitative estimate of drug-likeness (QED) is 0.770. The third kappa shape index (κ3) is 3.41. The van der Waals surface area contributed by atoms with Gasteiger partial charge in [-0.15, -0.1) is 0 Å². The van der Waals surface area contributed by atoms with E-state index in [1.165, 1.54) is 0 Å². The minimum atomic E-state index is -0.370. The minimum absolute atomic E-state index is 0.0119. The maximum Gasteiger partial charge on any atom is 0.343 e. The Balaban J connectivity index is 2.10. The molecule has 0 amide bonds. The molecule has 0 N–H and O–H groups in total. The van der Waals surface area contributed by atoms with Gasteiger partial charge in [-0.2, -0.15) is 0 Å². The first-order valence-electron chi connectivity index (χ1n) is 6.20. The van der Waals surface area contributed by atoms with Gasteiger partial charge in [0.2, 0.25) is 0 Å². The Hall–Kier alpha value is -2.16. The van der Waals surface area contributed by atoms with Gasteiger partial charge in [-0.1, -0.05) is 39.0 Å². The second-order valence-corrected chi connectivity index (χ2v) is 5.38. The number of esters is 1. The van der Waals surface area contributed by atoms with Crippen LogP contribution in [0.1, 0.15) is 36.8 Å². The van der Waals surface area contributed by atoms with Crippen molar-refractivity contribution in [2.75, 3.05) is 0 Å². The summed E-state index contributed by atoms with van der Waals surface area (Å²) in [7, 11) is 0. The lowest BCUT2D eigenvalue weighted by Gasteiger charge is -2.17. The van der Waals surface area contributed by atoms with Gasteiger partial charge in [0.1, 0.15) is 5.75 Å². The normalized spacial score (nSPS) is 11.1. The molecule has 2 rings (SSSR count). The number of carbonyl (C=O) groups is 1. The lowest BCUT2D eigenvalue weighted by molar-refractivity contribution is 0.0734. The molecule has 1 heterocycles. The fourth-order valence-electron chi connectivity index (χ4n) is 1.62. The Labute approximate surface area is 113 Å². The second kappa shape index (κ2) is 5.22. The lowest BCUT2D eigenvalue weighted by Crippen LogP contribution is -2.14. The molecule has 0 spiro atoms. The highest BCUT2D eigenvalue weighted by molar-refractivity contribution is 5.90. The number of carbonyl (C=O) groups excluding carboxylic acids is 1. The summed E-state index contributed by atoms with van der Waals surface area (Å²) in [6.45, 7) is 6.26. The van der Waals surface area contributed by atoms with E-state index in [0.29, 0.717) is 11.3 Å². The Morgan fingerprint density at radius 3 is 2.26 bits per heavy atom. The van der Waals surface area contributed by atoms with Crippen LogP contribution in [-0.4, -0.2) is 11.0 Å². The number of hydrogen-bond acceptors (Lipinski definition) is 3. The largest absolute Gasteiger partial charge is 0.421 e. The zero-order valence-corrected chi connectivity index (χ0v) is 11.4. The molecule has 2 aromatic rings. The van der Waals surface area contributed by atoms with Gasteiger partial charge in [0.05, 0.1) is 11.8 Å². The molecule has 0 aliphatic carbocycles. The number of hydrogen-bond donors (Lipinski definition) is 0. The van der Waals surface area contributed by atoms with E-state index in [2.05, 4.69) is 25.8 Å². The van der Waals surface area contributed by atoms with Gasteiger partial charge in [-0.25, -0.2) is 4.79 Å². The number of pyridine rings is 1.